The van der Waals surface area contributed by atoms with E-state index in [0.717, 1.165) is 6.42 Å². The molecule has 0 heteroatoms. The molecule has 0 spiro atoms. The van der Waals surface area contributed by atoms with Gasteiger partial charge >= 0.3 is 0 Å². The zero-order valence-corrected chi connectivity index (χ0v) is 20.3. The molecular weight excluding hydrogens is 300 g/mol. The molecule has 0 radical (unpaired) electrons. The number of rotatable bonds is 3. The van der Waals surface area contributed by atoms with Crippen LogP contribution in [0.25, 0.3) is 0 Å². The van der Waals surface area contributed by atoms with Crippen molar-refractivity contribution in [3.63, 3.8) is 0 Å². The molecule has 0 bridgehead atoms. The summed E-state index contributed by atoms with van der Waals surface area (Å²) in [6.07, 6.45) is 6.43. The third-order valence-corrected chi connectivity index (χ3v) is 3.38. The predicted octanol–water partition coefficient (Wildman–Crippen LogP) is 9.56. The fraction of sp³-hybridized carbons (Fsp3) is 0.760. The second kappa shape index (κ2) is 23.2. The average molecular weight is 353 g/mol. The number of hydrogen-bond acceptors (Lipinski definition) is 0. The van der Waals surface area contributed by atoms with Crippen molar-refractivity contribution < 1.29 is 0 Å². The summed E-state index contributed by atoms with van der Waals surface area (Å²) in [6.45, 7) is 27.9. The maximum atomic E-state index is 2.27. The Morgan fingerprint density at radius 2 is 1.16 bits per heavy atom. The molecule has 0 saturated carbocycles. The molecule has 152 valence electrons. The van der Waals surface area contributed by atoms with Gasteiger partial charge in [-0.05, 0) is 43.2 Å². The van der Waals surface area contributed by atoms with Gasteiger partial charge in [-0.25, -0.2) is 0 Å². The van der Waals surface area contributed by atoms with E-state index in [1.54, 1.807) is 0 Å². The summed E-state index contributed by atoms with van der Waals surface area (Å²) in [6, 6.07) is 6.62. The number of hydrogen-bond donors (Lipinski definition) is 0. The first-order valence-corrected chi connectivity index (χ1v) is 10.8. The molecule has 1 rings (SSSR count). The lowest BCUT2D eigenvalue weighted by Crippen LogP contribution is -2.02. The van der Waals surface area contributed by atoms with Crippen LogP contribution in [0.4, 0.5) is 0 Å². The van der Waals surface area contributed by atoms with Gasteiger partial charge in [0.15, 0.2) is 0 Å². The number of benzene rings is 1. The lowest BCUT2D eigenvalue weighted by atomic mass is 9.91. The van der Waals surface area contributed by atoms with Crippen LogP contribution >= 0.6 is 0 Å². The van der Waals surface area contributed by atoms with Crippen molar-refractivity contribution in [3.8, 4) is 0 Å². The van der Waals surface area contributed by atoms with Crippen molar-refractivity contribution in [2.75, 3.05) is 0 Å². The summed E-state index contributed by atoms with van der Waals surface area (Å²) in [4.78, 5) is 0. The Labute approximate surface area is 162 Å². The van der Waals surface area contributed by atoms with Gasteiger partial charge in [-0.2, -0.15) is 0 Å². The van der Waals surface area contributed by atoms with Gasteiger partial charge in [0.05, 0.1) is 0 Å². The molecule has 25 heavy (non-hydrogen) atoms. The van der Waals surface area contributed by atoms with Crippen molar-refractivity contribution in [2.24, 2.45) is 5.41 Å². The van der Waals surface area contributed by atoms with Crippen LogP contribution < -0.4 is 0 Å². The van der Waals surface area contributed by atoms with Gasteiger partial charge in [0.2, 0.25) is 0 Å². The Morgan fingerprint density at radius 3 is 1.36 bits per heavy atom. The van der Waals surface area contributed by atoms with Gasteiger partial charge in [0, 0.05) is 0 Å². The fourth-order valence-corrected chi connectivity index (χ4v) is 1.99. The normalized spacial score (nSPS) is 9.00. The molecule has 0 N–H and O–H groups in total. The van der Waals surface area contributed by atoms with Crippen molar-refractivity contribution in [3.05, 3.63) is 34.9 Å². The maximum Gasteiger partial charge on any atom is -0.0305 e. The number of aryl methyl sites for hydroxylation is 3. The van der Waals surface area contributed by atoms with Crippen LogP contribution in [0.15, 0.2) is 18.2 Å². The smallest absolute Gasteiger partial charge is 0.0305 e. The SMILES string of the molecule is CC.CC.CCCC.CCCC(C)(C)C.CCc1ccc(C)cc1C. The van der Waals surface area contributed by atoms with Crippen molar-refractivity contribution in [1.29, 1.82) is 0 Å². The highest BCUT2D eigenvalue weighted by Gasteiger charge is 2.06. The first-order chi connectivity index (χ1) is 11.7. The molecule has 0 aliphatic rings. The quantitative estimate of drug-likeness (QED) is 0.508. The van der Waals surface area contributed by atoms with E-state index < -0.39 is 0 Å². The molecule has 0 aliphatic heterocycles. The third-order valence-electron chi connectivity index (χ3n) is 3.38. The zero-order valence-electron chi connectivity index (χ0n) is 20.3. The van der Waals surface area contributed by atoms with Crippen LogP contribution in [0, 0.1) is 19.3 Å². The summed E-state index contributed by atoms with van der Waals surface area (Å²) >= 11 is 0. The lowest BCUT2D eigenvalue weighted by molar-refractivity contribution is 0.373. The molecule has 1 aromatic carbocycles. The molecule has 0 saturated heterocycles. The molecule has 1 aromatic rings. The fourth-order valence-electron chi connectivity index (χ4n) is 1.99. The molecule has 0 nitrogen and oxygen atoms in total. The van der Waals surface area contributed by atoms with Gasteiger partial charge in [0.1, 0.15) is 0 Å². The standard InChI is InChI=1S/C10H14.C7H16.C4H10.2C2H6/c1-4-10-6-5-8(2)7-9(10)3;1-5-6-7(2,3)4;1-3-4-2;2*1-2/h5-7H,4H2,1-3H3;5-6H2,1-4H3;3-4H2,1-2H3;2*1-2H3. The van der Waals surface area contributed by atoms with Crippen LogP contribution in [0.3, 0.4) is 0 Å². The summed E-state index contributed by atoms with van der Waals surface area (Å²) in [5, 5.41) is 0. The minimum atomic E-state index is 0.550. The maximum absolute atomic E-state index is 2.27. The van der Waals surface area contributed by atoms with Crippen LogP contribution in [-0.2, 0) is 6.42 Å². The Balaban J connectivity index is -0.000000129. The first kappa shape index (κ1) is 31.9. The monoisotopic (exact) mass is 352 g/mol. The molecule has 0 aromatic heterocycles. The minimum absolute atomic E-state index is 0.550. The molecule has 0 fully saturated rings. The Hall–Kier alpha value is -0.780. The van der Waals surface area contributed by atoms with Crippen LogP contribution in [0.2, 0.25) is 0 Å². The second-order valence-corrected chi connectivity index (χ2v) is 7.09. The third kappa shape index (κ3) is 28.3. The molecule has 0 amide bonds. The van der Waals surface area contributed by atoms with Gasteiger partial charge in [-0.3, -0.25) is 0 Å². The van der Waals surface area contributed by atoms with E-state index in [-0.39, 0.29) is 0 Å². The highest BCUT2D eigenvalue weighted by Crippen LogP contribution is 2.19. The van der Waals surface area contributed by atoms with Crippen LogP contribution in [0.5, 0.6) is 0 Å². The lowest BCUT2D eigenvalue weighted by Gasteiger charge is -2.15. The molecule has 0 aliphatic carbocycles. The number of unbranched alkanes of at least 4 members (excludes halogenated alkanes) is 1. The molecule has 0 atom stereocenters. The summed E-state index contributed by atoms with van der Waals surface area (Å²) in [5.74, 6) is 0. The van der Waals surface area contributed by atoms with Crippen molar-refractivity contribution in [2.45, 2.75) is 122 Å². The zero-order chi connectivity index (χ0) is 20.9. The van der Waals surface area contributed by atoms with Crippen LogP contribution in [0.1, 0.15) is 119 Å². The Kier molecular flexibility index (Phi) is 29.7. The van der Waals surface area contributed by atoms with Crippen LogP contribution in [-0.4, -0.2) is 0 Å². The van der Waals surface area contributed by atoms with E-state index in [2.05, 4.69) is 80.5 Å². The van der Waals surface area contributed by atoms with E-state index >= 15 is 0 Å². The predicted molar refractivity (Wildman–Crippen MR) is 123 cm³/mol. The van der Waals surface area contributed by atoms with Gasteiger partial charge in [0.25, 0.3) is 0 Å². The first-order valence-electron chi connectivity index (χ1n) is 10.8. The average Bonchev–Trinajstić information content (AvgIpc) is 2.58. The summed E-state index contributed by atoms with van der Waals surface area (Å²) < 4.78 is 0. The Bertz CT molecular complexity index is 340. The van der Waals surface area contributed by atoms with E-state index in [4.69, 9.17) is 0 Å². The second-order valence-electron chi connectivity index (χ2n) is 7.09. The molecule has 0 unspecified atom stereocenters. The Morgan fingerprint density at radius 1 is 0.720 bits per heavy atom. The minimum Gasteiger partial charge on any atom is -0.0683 e. The van der Waals surface area contributed by atoms with Crippen molar-refractivity contribution >= 4 is 0 Å². The van der Waals surface area contributed by atoms with E-state index in [9.17, 15) is 0 Å². The summed E-state index contributed by atoms with van der Waals surface area (Å²) in [5.41, 5.74) is 4.79. The largest absolute Gasteiger partial charge is 0.0683 e. The summed E-state index contributed by atoms with van der Waals surface area (Å²) in [7, 11) is 0. The molecular formula is C25H52. The molecule has 0 heterocycles. The van der Waals surface area contributed by atoms with E-state index in [1.807, 2.05) is 27.7 Å². The topological polar surface area (TPSA) is 0 Å². The van der Waals surface area contributed by atoms with E-state index in [1.165, 1.54) is 42.4 Å². The van der Waals surface area contributed by atoms with E-state index in [0.29, 0.717) is 5.41 Å². The van der Waals surface area contributed by atoms with Gasteiger partial charge < -0.3 is 0 Å². The van der Waals surface area contributed by atoms with Crippen molar-refractivity contribution in [1.82, 2.24) is 0 Å². The highest BCUT2D eigenvalue weighted by atomic mass is 14.1. The van der Waals surface area contributed by atoms with Gasteiger partial charge in [-0.1, -0.05) is 119 Å². The highest BCUT2D eigenvalue weighted by molar-refractivity contribution is 5.30. The van der Waals surface area contributed by atoms with Gasteiger partial charge in [-0.15, -0.1) is 0 Å².